The van der Waals surface area contributed by atoms with Crippen molar-refractivity contribution in [1.29, 1.82) is 0 Å². The Hall–Kier alpha value is -3.88. The molecule has 0 aliphatic carbocycles. The predicted octanol–water partition coefficient (Wildman–Crippen LogP) is 2.30. The van der Waals surface area contributed by atoms with Gasteiger partial charge >= 0.3 is 11.9 Å². The Morgan fingerprint density at radius 3 is 2.29 bits per heavy atom. The number of rotatable bonds is 11. The van der Waals surface area contributed by atoms with Gasteiger partial charge in [-0.3, -0.25) is 9.59 Å². The number of nitrogens with one attached hydrogen (secondary N) is 1. The lowest BCUT2D eigenvalue weighted by Gasteiger charge is -2.10. The highest BCUT2D eigenvalue weighted by Crippen LogP contribution is 2.19. The molecular formula is C22H24N2O7. The molecule has 9 nitrogen and oxygen atoms in total. The zero-order valence-electron chi connectivity index (χ0n) is 17.1. The average Bonchev–Trinajstić information content (AvgIpc) is 2.76. The van der Waals surface area contributed by atoms with Gasteiger partial charge in [-0.1, -0.05) is 25.5 Å². The highest BCUT2D eigenvalue weighted by Gasteiger charge is 2.16. The molecule has 0 aliphatic rings. The van der Waals surface area contributed by atoms with Crippen LogP contribution >= 0.6 is 0 Å². The molecule has 2 aromatic carbocycles. The van der Waals surface area contributed by atoms with Crippen LogP contribution in [0, 0.1) is 0 Å². The molecule has 0 aliphatic heterocycles. The van der Waals surface area contributed by atoms with Crippen molar-refractivity contribution < 1.29 is 33.4 Å². The van der Waals surface area contributed by atoms with E-state index in [2.05, 4.69) is 5.32 Å². The minimum absolute atomic E-state index is 0.0579. The van der Waals surface area contributed by atoms with Crippen LogP contribution in [-0.2, 0) is 19.1 Å². The monoisotopic (exact) mass is 428 g/mol. The average molecular weight is 428 g/mol. The van der Waals surface area contributed by atoms with E-state index in [1.165, 1.54) is 24.3 Å². The number of carbonyl (C=O) groups is 4. The molecule has 0 unspecified atom stereocenters. The summed E-state index contributed by atoms with van der Waals surface area (Å²) in [7, 11) is 0. The largest absolute Gasteiger partial charge is 0.483 e. The van der Waals surface area contributed by atoms with E-state index >= 15 is 0 Å². The van der Waals surface area contributed by atoms with Crippen LogP contribution in [-0.4, -0.2) is 43.6 Å². The van der Waals surface area contributed by atoms with E-state index < -0.39 is 37.0 Å². The van der Waals surface area contributed by atoms with E-state index in [1.807, 2.05) is 6.92 Å². The Balaban J connectivity index is 1.86. The van der Waals surface area contributed by atoms with Gasteiger partial charge in [0.15, 0.2) is 13.2 Å². The number of esters is 2. The smallest absolute Gasteiger partial charge is 0.342 e. The Labute approximate surface area is 179 Å². The zero-order chi connectivity index (χ0) is 22.6. The standard InChI is InChI=1S/C22H24N2O7/c1-2-3-12-29-21(27)15-8-10-16(11-9-15)24-20(26)14-31-22(28)17-6-4-5-7-18(17)30-13-19(23)25/h4-11H,2-3,12-14H2,1H3,(H2,23,25)(H,24,26). The molecule has 31 heavy (non-hydrogen) atoms. The summed E-state index contributed by atoms with van der Waals surface area (Å²) in [5.74, 6) is -2.36. The van der Waals surface area contributed by atoms with Crippen molar-refractivity contribution in [1.82, 2.24) is 0 Å². The van der Waals surface area contributed by atoms with Gasteiger partial charge in [-0.15, -0.1) is 0 Å². The van der Waals surface area contributed by atoms with Gasteiger partial charge in [0.25, 0.3) is 11.8 Å². The first-order valence-electron chi connectivity index (χ1n) is 9.65. The molecule has 0 saturated heterocycles. The van der Waals surface area contributed by atoms with E-state index in [1.54, 1.807) is 24.3 Å². The second-order valence-electron chi connectivity index (χ2n) is 6.44. The van der Waals surface area contributed by atoms with E-state index in [0.717, 1.165) is 12.8 Å². The Morgan fingerprint density at radius 2 is 1.61 bits per heavy atom. The lowest BCUT2D eigenvalue weighted by atomic mass is 10.2. The molecule has 0 heterocycles. The van der Waals surface area contributed by atoms with Crippen molar-refractivity contribution in [2.24, 2.45) is 5.73 Å². The summed E-state index contributed by atoms with van der Waals surface area (Å²) in [6, 6.07) is 12.3. The van der Waals surface area contributed by atoms with Gasteiger partial charge in [-0.2, -0.15) is 0 Å². The minimum Gasteiger partial charge on any atom is -0.483 e. The fraction of sp³-hybridized carbons (Fsp3) is 0.273. The molecule has 0 spiro atoms. The summed E-state index contributed by atoms with van der Waals surface area (Å²) in [6.45, 7) is 1.42. The molecule has 0 aromatic heterocycles. The molecule has 0 radical (unpaired) electrons. The van der Waals surface area contributed by atoms with Gasteiger partial charge < -0.3 is 25.3 Å². The lowest BCUT2D eigenvalue weighted by molar-refractivity contribution is -0.120. The normalized spacial score (nSPS) is 10.1. The number of anilines is 1. The maximum atomic E-state index is 12.2. The van der Waals surface area contributed by atoms with Gasteiger partial charge in [0.05, 0.1) is 12.2 Å². The van der Waals surface area contributed by atoms with Crippen LogP contribution in [0.3, 0.4) is 0 Å². The van der Waals surface area contributed by atoms with E-state index in [0.29, 0.717) is 17.9 Å². The number of unbranched alkanes of at least 4 members (excludes halogenated alkanes) is 1. The highest BCUT2D eigenvalue weighted by atomic mass is 16.5. The number of para-hydroxylation sites is 1. The van der Waals surface area contributed by atoms with Crippen molar-refractivity contribution in [3.05, 3.63) is 59.7 Å². The fourth-order valence-corrected chi connectivity index (χ4v) is 2.40. The number of amides is 2. The summed E-state index contributed by atoms with van der Waals surface area (Å²) in [5.41, 5.74) is 5.89. The van der Waals surface area contributed by atoms with Crippen LogP contribution < -0.4 is 15.8 Å². The molecule has 9 heteroatoms. The molecule has 0 fully saturated rings. The maximum absolute atomic E-state index is 12.2. The molecule has 0 saturated carbocycles. The molecule has 0 atom stereocenters. The summed E-state index contributed by atoms with van der Waals surface area (Å²) in [6.07, 6.45) is 1.72. The number of nitrogens with two attached hydrogens (primary N) is 1. The summed E-state index contributed by atoms with van der Waals surface area (Å²) >= 11 is 0. The van der Waals surface area contributed by atoms with E-state index in [4.69, 9.17) is 19.9 Å². The summed E-state index contributed by atoms with van der Waals surface area (Å²) in [4.78, 5) is 47.0. The van der Waals surface area contributed by atoms with E-state index in [9.17, 15) is 19.2 Å². The first-order valence-corrected chi connectivity index (χ1v) is 9.65. The highest BCUT2D eigenvalue weighted by molar-refractivity contribution is 5.97. The van der Waals surface area contributed by atoms with Gasteiger partial charge in [-0.25, -0.2) is 9.59 Å². The second-order valence-corrected chi connectivity index (χ2v) is 6.44. The topological polar surface area (TPSA) is 134 Å². The SMILES string of the molecule is CCCCOC(=O)c1ccc(NC(=O)COC(=O)c2ccccc2OCC(N)=O)cc1. The third-order valence-corrected chi connectivity index (χ3v) is 3.95. The van der Waals surface area contributed by atoms with Gasteiger partial charge in [0.2, 0.25) is 0 Å². The molecular weight excluding hydrogens is 404 g/mol. The first kappa shape index (κ1) is 23.4. The van der Waals surface area contributed by atoms with E-state index in [-0.39, 0.29) is 11.3 Å². The number of primary amides is 1. The molecule has 2 amide bonds. The summed E-state index contributed by atoms with van der Waals surface area (Å²) in [5, 5.41) is 2.56. The molecule has 2 rings (SSSR count). The van der Waals surface area contributed by atoms with Crippen LogP contribution in [0.1, 0.15) is 40.5 Å². The van der Waals surface area contributed by atoms with Gasteiger partial charge in [-0.05, 0) is 42.8 Å². The Morgan fingerprint density at radius 1 is 0.903 bits per heavy atom. The van der Waals surface area contributed by atoms with Crippen LogP contribution in [0.25, 0.3) is 0 Å². The Bertz CT molecular complexity index is 926. The Kier molecular flexibility index (Phi) is 9.03. The molecule has 2 aromatic rings. The summed E-state index contributed by atoms with van der Waals surface area (Å²) < 4.78 is 15.3. The molecule has 3 N–H and O–H groups in total. The molecule has 164 valence electrons. The van der Waals surface area contributed by atoms with Crippen molar-refractivity contribution in [2.75, 3.05) is 25.1 Å². The van der Waals surface area contributed by atoms with Crippen molar-refractivity contribution in [3.63, 3.8) is 0 Å². The quantitative estimate of drug-likeness (QED) is 0.414. The zero-order valence-corrected chi connectivity index (χ0v) is 17.1. The van der Waals surface area contributed by atoms with Crippen LogP contribution in [0.4, 0.5) is 5.69 Å². The third-order valence-electron chi connectivity index (χ3n) is 3.95. The van der Waals surface area contributed by atoms with Crippen LogP contribution in [0.15, 0.2) is 48.5 Å². The van der Waals surface area contributed by atoms with Crippen molar-refractivity contribution in [3.8, 4) is 5.75 Å². The number of hydrogen-bond donors (Lipinski definition) is 2. The van der Waals surface area contributed by atoms with Crippen molar-refractivity contribution in [2.45, 2.75) is 19.8 Å². The number of hydrogen-bond acceptors (Lipinski definition) is 7. The first-order chi connectivity index (χ1) is 14.9. The predicted molar refractivity (Wildman–Crippen MR) is 112 cm³/mol. The number of ether oxygens (including phenoxy) is 3. The third kappa shape index (κ3) is 7.81. The number of benzene rings is 2. The molecule has 0 bridgehead atoms. The van der Waals surface area contributed by atoms with Crippen LogP contribution in [0.5, 0.6) is 5.75 Å². The maximum Gasteiger partial charge on any atom is 0.342 e. The van der Waals surface area contributed by atoms with Crippen molar-refractivity contribution >= 4 is 29.4 Å². The second kappa shape index (κ2) is 12.0. The minimum atomic E-state index is -0.791. The lowest BCUT2D eigenvalue weighted by Crippen LogP contribution is -2.22. The fourth-order valence-electron chi connectivity index (χ4n) is 2.40. The number of carbonyl (C=O) groups excluding carboxylic acids is 4. The van der Waals surface area contributed by atoms with Gasteiger partial charge in [0, 0.05) is 5.69 Å². The van der Waals surface area contributed by atoms with Gasteiger partial charge in [0.1, 0.15) is 11.3 Å². The van der Waals surface area contributed by atoms with Crippen LogP contribution in [0.2, 0.25) is 0 Å².